The van der Waals surface area contributed by atoms with Gasteiger partial charge in [-0.3, -0.25) is 0 Å². The monoisotopic (exact) mass is 264 g/mol. The SMILES string of the molecule is CC(CO)(CO)Cc1cc(Br)cs1. The smallest absolute Gasteiger partial charge is 0.0510 e. The lowest BCUT2D eigenvalue weighted by atomic mass is 9.88. The largest absolute Gasteiger partial charge is 0.396 e. The predicted molar refractivity (Wildman–Crippen MR) is 58.0 cm³/mol. The lowest BCUT2D eigenvalue weighted by molar-refractivity contribution is 0.0710. The highest BCUT2D eigenvalue weighted by Crippen LogP contribution is 2.27. The molecule has 0 amide bonds. The minimum Gasteiger partial charge on any atom is -0.396 e. The molecule has 1 rings (SSSR count). The van der Waals surface area contributed by atoms with E-state index in [2.05, 4.69) is 15.9 Å². The van der Waals surface area contributed by atoms with E-state index in [0.29, 0.717) is 0 Å². The molecule has 0 atom stereocenters. The maximum atomic E-state index is 9.09. The Kier molecular flexibility index (Phi) is 3.91. The zero-order valence-electron chi connectivity index (χ0n) is 7.46. The number of thiophene rings is 1. The average molecular weight is 265 g/mol. The second-order valence-electron chi connectivity index (χ2n) is 3.53. The molecule has 0 bridgehead atoms. The maximum absolute atomic E-state index is 9.09. The van der Waals surface area contributed by atoms with Crippen LogP contribution in [0, 0.1) is 5.41 Å². The molecule has 74 valence electrons. The van der Waals surface area contributed by atoms with E-state index in [9.17, 15) is 0 Å². The summed E-state index contributed by atoms with van der Waals surface area (Å²) in [5, 5.41) is 20.2. The van der Waals surface area contributed by atoms with Gasteiger partial charge in [0.1, 0.15) is 0 Å². The highest BCUT2D eigenvalue weighted by molar-refractivity contribution is 9.10. The summed E-state index contributed by atoms with van der Waals surface area (Å²) in [5.41, 5.74) is -0.399. The van der Waals surface area contributed by atoms with Gasteiger partial charge in [0.2, 0.25) is 0 Å². The third-order valence-corrected chi connectivity index (χ3v) is 3.68. The topological polar surface area (TPSA) is 40.5 Å². The van der Waals surface area contributed by atoms with Crippen LogP contribution in [0.5, 0.6) is 0 Å². The normalized spacial score (nSPS) is 12.0. The number of halogens is 1. The van der Waals surface area contributed by atoms with E-state index >= 15 is 0 Å². The molecule has 1 heterocycles. The summed E-state index contributed by atoms with van der Waals surface area (Å²) < 4.78 is 1.06. The highest BCUT2D eigenvalue weighted by Gasteiger charge is 2.23. The molecule has 0 saturated heterocycles. The van der Waals surface area contributed by atoms with Crippen molar-refractivity contribution < 1.29 is 10.2 Å². The van der Waals surface area contributed by atoms with E-state index in [0.717, 1.165) is 10.9 Å². The standard InChI is InChI=1S/C9H13BrO2S/c1-9(5-11,6-12)3-8-2-7(10)4-13-8/h2,4,11-12H,3,5-6H2,1H3. The van der Waals surface area contributed by atoms with Crippen LogP contribution in [0.2, 0.25) is 0 Å². The van der Waals surface area contributed by atoms with Crippen LogP contribution in [0.25, 0.3) is 0 Å². The van der Waals surface area contributed by atoms with E-state index in [1.807, 2.05) is 18.4 Å². The van der Waals surface area contributed by atoms with E-state index in [1.165, 1.54) is 4.88 Å². The van der Waals surface area contributed by atoms with E-state index < -0.39 is 5.41 Å². The summed E-state index contributed by atoms with van der Waals surface area (Å²) in [6.45, 7) is 1.90. The summed E-state index contributed by atoms with van der Waals surface area (Å²) >= 11 is 5.01. The Morgan fingerprint density at radius 2 is 2.08 bits per heavy atom. The van der Waals surface area contributed by atoms with Crippen LogP contribution in [0.15, 0.2) is 15.9 Å². The molecule has 4 heteroatoms. The third-order valence-electron chi connectivity index (χ3n) is 1.99. The number of aliphatic hydroxyl groups is 2. The van der Waals surface area contributed by atoms with Gasteiger partial charge >= 0.3 is 0 Å². The van der Waals surface area contributed by atoms with E-state index in [1.54, 1.807) is 11.3 Å². The Hall–Kier alpha value is 0.1000. The molecule has 2 nitrogen and oxygen atoms in total. The minimum atomic E-state index is -0.399. The van der Waals surface area contributed by atoms with Crippen molar-refractivity contribution in [2.24, 2.45) is 5.41 Å². The molecule has 13 heavy (non-hydrogen) atoms. The maximum Gasteiger partial charge on any atom is 0.0510 e. The van der Waals surface area contributed by atoms with Crippen molar-refractivity contribution in [2.45, 2.75) is 13.3 Å². The van der Waals surface area contributed by atoms with Crippen molar-refractivity contribution in [3.8, 4) is 0 Å². The molecule has 0 spiro atoms. The molecule has 0 radical (unpaired) electrons. The van der Waals surface area contributed by atoms with Gasteiger partial charge < -0.3 is 10.2 Å². The van der Waals surface area contributed by atoms with Gasteiger partial charge in [-0.2, -0.15) is 0 Å². The third kappa shape index (κ3) is 3.06. The van der Waals surface area contributed by atoms with Crippen LogP contribution < -0.4 is 0 Å². The fourth-order valence-corrected chi connectivity index (χ4v) is 2.70. The second kappa shape index (κ2) is 4.55. The Balaban J connectivity index is 2.67. The predicted octanol–water partition coefficient (Wildman–Crippen LogP) is 2.04. The number of hydrogen-bond donors (Lipinski definition) is 2. The first-order valence-electron chi connectivity index (χ1n) is 4.04. The molecule has 0 aliphatic carbocycles. The van der Waals surface area contributed by atoms with Crippen LogP contribution in [0.3, 0.4) is 0 Å². The van der Waals surface area contributed by atoms with Gasteiger partial charge in [-0.15, -0.1) is 11.3 Å². The number of rotatable bonds is 4. The van der Waals surface area contributed by atoms with Gasteiger partial charge in [0.25, 0.3) is 0 Å². The summed E-state index contributed by atoms with van der Waals surface area (Å²) in [5.74, 6) is 0. The first-order valence-corrected chi connectivity index (χ1v) is 5.71. The average Bonchev–Trinajstić information content (AvgIpc) is 2.51. The Morgan fingerprint density at radius 1 is 1.46 bits per heavy atom. The summed E-state index contributed by atoms with van der Waals surface area (Å²) in [4.78, 5) is 1.18. The molecule has 0 fully saturated rings. The molecular weight excluding hydrogens is 252 g/mol. The lowest BCUT2D eigenvalue weighted by Crippen LogP contribution is -2.28. The quantitative estimate of drug-likeness (QED) is 0.874. The Morgan fingerprint density at radius 3 is 2.46 bits per heavy atom. The summed E-state index contributed by atoms with van der Waals surface area (Å²) in [6, 6.07) is 2.02. The van der Waals surface area contributed by atoms with E-state index in [-0.39, 0.29) is 13.2 Å². The fraction of sp³-hybridized carbons (Fsp3) is 0.556. The second-order valence-corrected chi connectivity index (χ2v) is 5.45. The van der Waals surface area contributed by atoms with Crippen molar-refractivity contribution in [1.82, 2.24) is 0 Å². The van der Waals surface area contributed by atoms with Gasteiger partial charge in [0.15, 0.2) is 0 Å². The van der Waals surface area contributed by atoms with Gasteiger partial charge in [0.05, 0.1) is 13.2 Å². The highest BCUT2D eigenvalue weighted by atomic mass is 79.9. The van der Waals surface area contributed by atoms with Crippen molar-refractivity contribution >= 4 is 27.3 Å². The van der Waals surface area contributed by atoms with Gasteiger partial charge in [-0.25, -0.2) is 0 Å². The fourth-order valence-electron chi connectivity index (χ4n) is 1.03. The summed E-state index contributed by atoms with van der Waals surface area (Å²) in [6.07, 6.45) is 0.719. The zero-order chi connectivity index (χ0) is 9.90. The van der Waals surface area contributed by atoms with Crippen molar-refractivity contribution in [1.29, 1.82) is 0 Å². The van der Waals surface area contributed by atoms with Gasteiger partial charge in [-0.1, -0.05) is 6.92 Å². The molecule has 2 N–H and O–H groups in total. The van der Waals surface area contributed by atoms with Crippen LogP contribution in [-0.2, 0) is 6.42 Å². The van der Waals surface area contributed by atoms with Crippen molar-refractivity contribution in [3.63, 3.8) is 0 Å². The van der Waals surface area contributed by atoms with Crippen LogP contribution in [-0.4, -0.2) is 23.4 Å². The van der Waals surface area contributed by atoms with Crippen LogP contribution in [0.4, 0.5) is 0 Å². The zero-order valence-corrected chi connectivity index (χ0v) is 9.86. The number of aliphatic hydroxyl groups excluding tert-OH is 2. The molecule has 1 aromatic heterocycles. The summed E-state index contributed by atoms with van der Waals surface area (Å²) in [7, 11) is 0. The van der Waals surface area contributed by atoms with Gasteiger partial charge in [0, 0.05) is 20.1 Å². The van der Waals surface area contributed by atoms with Gasteiger partial charge in [-0.05, 0) is 28.4 Å². The van der Waals surface area contributed by atoms with Crippen molar-refractivity contribution in [3.05, 3.63) is 20.8 Å². The molecule has 0 saturated carbocycles. The van der Waals surface area contributed by atoms with Crippen LogP contribution in [0.1, 0.15) is 11.8 Å². The molecule has 0 unspecified atom stereocenters. The number of hydrogen-bond acceptors (Lipinski definition) is 3. The van der Waals surface area contributed by atoms with E-state index in [4.69, 9.17) is 10.2 Å². The lowest BCUT2D eigenvalue weighted by Gasteiger charge is -2.23. The first kappa shape index (κ1) is 11.2. The Labute approximate surface area is 90.4 Å². The molecule has 0 aromatic carbocycles. The molecular formula is C9H13BrO2S. The molecule has 0 aliphatic heterocycles. The first-order chi connectivity index (χ1) is 6.09. The Bertz CT molecular complexity index is 268. The molecule has 1 aromatic rings. The minimum absolute atomic E-state index is 0.0129. The molecule has 0 aliphatic rings. The van der Waals surface area contributed by atoms with Crippen molar-refractivity contribution in [2.75, 3.05) is 13.2 Å². The van der Waals surface area contributed by atoms with Crippen LogP contribution >= 0.6 is 27.3 Å².